The van der Waals surface area contributed by atoms with Gasteiger partial charge in [-0.3, -0.25) is 9.59 Å². The van der Waals surface area contributed by atoms with E-state index in [4.69, 9.17) is 21.1 Å². The third-order valence-corrected chi connectivity index (χ3v) is 5.63. The zero-order valence-corrected chi connectivity index (χ0v) is 18.6. The summed E-state index contributed by atoms with van der Waals surface area (Å²) in [6, 6.07) is 11.5. The molecule has 0 spiro atoms. The minimum Gasteiger partial charge on any atom is -0.493 e. The summed E-state index contributed by atoms with van der Waals surface area (Å²) in [6.07, 6.45) is 0. The minimum atomic E-state index is -0.485. The van der Waals surface area contributed by atoms with Crippen molar-refractivity contribution in [1.82, 2.24) is 10.3 Å². The molecule has 2 amide bonds. The Morgan fingerprint density at radius 1 is 1.27 bits per heavy atom. The van der Waals surface area contributed by atoms with Crippen molar-refractivity contribution >= 4 is 40.3 Å². The van der Waals surface area contributed by atoms with Crippen LogP contribution >= 0.6 is 23.4 Å². The Bertz CT molecular complexity index is 1010. The van der Waals surface area contributed by atoms with Gasteiger partial charge in [-0.2, -0.15) is 0 Å². The molecule has 0 saturated carbocycles. The van der Waals surface area contributed by atoms with Gasteiger partial charge < -0.3 is 14.8 Å². The van der Waals surface area contributed by atoms with E-state index in [-0.39, 0.29) is 11.8 Å². The number of halogens is 1. The molecule has 0 aromatic heterocycles. The van der Waals surface area contributed by atoms with E-state index in [2.05, 4.69) is 10.4 Å². The van der Waals surface area contributed by atoms with Crippen molar-refractivity contribution in [2.24, 2.45) is 5.10 Å². The van der Waals surface area contributed by atoms with E-state index in [0.717, 1.165) is 11.1 Å². The fourth-order valence-electron chi connectivity index (χ4n) is 2.96. The zero-order chi connectivity index (χ0) is 21.8. The predicted molar refractivity (Wildman–Crippen MR) is 118 cm³/mol. The number of hydrogen-bond acceptors (Lipinski definition) is 6. The number of carbonyl (C=O) groups excluding carboxylic acids is 2. The van der Waals surface area contributed by atoms with Gasteiger partial charge in [-0.1, -0.05) is 53.2 Å². The number of hydrogen-bond donors (Lipinski definition) is 1. The molecule has 7 nitrogen and oxygen atoms in total. The van der Waals surface area contributed by atoms with Gasteiger partial charge in [0.2, 0.25) is 11.8 Å². The van der Waals surface area contributed by atoms with E-state index < -0.39 is 5.37 Å². The average molecular weight is 448 g/mol. The molecular formula is C21H22ClN3O4S. The van der Waals surface area contributed by atoms with Gasteiger partial charge >= 0.3 is 0 Å². The first-order valence-corrected chi connectivity index (χ1v) is 10.4. The summed E-state index contributed by atoms with van der Waals surface area (Å²) in [7, 11) is 1.53. The number of aryl methyl sites for hydroxylation is 1. The highest BCUT2D eigenvalue weighted by Gasteiger charge is 2.33. The Labute approximate surface area is 184 Å². The maximum Gasteiger partial charge on any atom is 0.241 e. The molecule has 1 atom stereocenters. The predicted octanol–water partition coefficient (Wildman–Crippen LogP) is 4.24. The molecule has 1 N–H and O–H groups in total. The van der Waals surface area contributed by atoms with Crippen LogP contribution < -0.4 is 14.8 Å². The lowest BCUT2D eigenvalue weighted by Crippen LogP contribution is -2.25. The van der Waals surface area contributed by atoms with Gasteiger partial charge in [-0.05, 0) is 30.2 Å². The Morgan fingerprint density at radius 2 is 2.03 bits per heavy atom. The normalized spacial score (nSPS) is 15.6. The highest BCUT2D eigenvalue weighted by Crippen LogP contribution is 2.44. The molecule has 1 aliphatic rings. The van der Waals surface area contributed by atoms with Gasteiger partial charge in [0.25, 0.3) is 0 Å². The molecule has 0 bridgehead atoms. The van der Waals surface area contributed by atoms with Crippen molar-refractivity contribution in [2.75, 3.05) is 7.11 Å². The Hall–Kier alpha value is -2.71. The van der Waals surface area contributed by atoms with Crippen LogP contribution in [0.15, 0.2) is 41.5 Å². The second kappa shape index (κ2) is 9.40. The maximum absolute atomic E-state index is 12.1. The molecular weight excluding hydrogens is 426 g/mol. The fourth-order valence-corrected chi connectivity index (χ4v) is 4.35. The second-order valence-electron chi connectivity index (χ2n) is 6.73. The van der Waals surface area contributed by atoms with Crippen LogP contribution in [0.5, 0.6) is 11.5 Å². The van der Waals surface area contributed by atoms with E-state index in [9.17, 15) is 9.59 Å². The number of nitrogens with one attached hydrogen (secondary N) is 1. The van der Waals surface area contributed by atoms with Crippen LogP contribution in [0.1, 0.15) is 35.9 Å². The molecule has 2 aromatic rings. The smallest absolute Gasteiger partial charge is 0.241 e. The van der Waals surface area contributed by atoms with Gasteiger partial charge in [0.1, 0.15) is 12.0 Å². The fraction of sp³-hybridized carbons (Fsp3) is 0.286. The van der Waals surface area contributed by atoms with Gasteiger partial charge in [-0.25, -0.2) is 5.01 Å². The average Bonchev–Trinajstić information content (AvgIpc) is 3.10. The SMILES string of the molecule is COc1cc([C@@H]2SC(NC(C)=O)=NN2C(C)=O)cc(Cl)c1OCc1cccc(C)c1. The molecule has 158 valence electrons. The van der Waals surface area contributed by atoms with Gasteiger partial charge in [0.15, 0.2) is 16.7 Å². The summed E-state index contributed by atoms with van der Waals surface area (Å²) in [4.78, 5) is 23.4. The summed E-state index contributed by atoms with van der Waals surface area (Å²) in [5.41, 5.74) is 2.85. The first-order chi connectivity index (χ1) is 14.3. The van der Waals surface area contributed by atoms with E-state index in [1.165, 1.54) is 37.7 Å². The van der Waals surface area contributed by atoms with Crippen LogP contribution in [0.4, 0.5) is 0 Å². The number of methoxy groups -OCH3 is 1. The summed E-state index contributed by atoms with van der Waals surface area (Å²) >= 11 is 7.75. The quantitative estimate of drug-likeness (QED) is 0.741. The van der Waals surface area contributed by atoms with E-state index in [1.54, 1.807) is 12.1 Å². The highest BCUT2D eigenvalue weighted by molar-refractivity contribution is 8.14. The van der Waals surface area contributed by atoms with Crippen LogP contribution in [0.3, 0.4) is 0 Å². The van der Waals surface area contributed by atoms with Crippen LogP contribution in [0.2, 0.25) is 5.02 Å². The standard InChI is InChI=1S/C21H22ClN3O4S/c1-12-6-5-7-15(8-12)11-29-19-17(22)9-16(10-18(19)28-4)20-25(14(3)27)24-21(30-20)23-13(2)26/h5-10,20H,11H2,1-4H3,(H,23,24,26)/t20-/m0/s1. The number of thioether (sulfide) groups is 1. The van der Waals surface area contributed by atoms with Gasteiger partial charge in [0.05, 0.1) is 12.1 Å². The number of nitrogens with zero attached hydrogens (tertiary/aromatic N) is 2. The number of carbonyl (C=O) groups is 2. The molecule has 1 heterocycles. The second-order valence-corrected chi connectivity index (χ2v) is 8.21. The number of rotatable bonds is 5. The first-order valence-electron chi connectivity index (χ1n) is 9.17. The summed E-state index contributed by atoms with van der Waals surface area (Å²) in [5, 5.41) is 8.32. The first kappa shape index (κ1) is 22.0. The molecule has 30 heavy (non-hydrogen) atoms. The monoisotopic (exact) mass is 447 g/mol. The largest absolute Gasteiger partial charge is 0.493 e. The number of ether oxygens (including phenoxy) is 2. The zero-order valence-electron chi connectivity index (χ0n) is 17.1. The van der Waals surface area contributed by atoms with Gasteiger partial charge in [0, 0.05) is 13.8 Å². The molecule has 0 radical (unpaired) electrons. The third kappa shape index (κ3) is 5.06. The summed E-state index contributed by atoms with van der Waals surface area (Å²) < 4.78 is 11.4. The van der Waals surface area contributed by atoms with Crippen LogP contribution in [0.25, 0.3) is 0 Å². The Kier molecular flexibility index (Phi) is 6.89. The highest BCUT2D eigenvalue weighted by atomic mass is 35.5. The maximum atomic E-state index is 12.1. The molecule has 9 heteroatoms. The number of benzene rings is 2. The molecule has 0 fully saturated rings. The van der Waals surface area contributed by atoms with Crippen molar-refractivity contribution in [3.8, 4) is 11.5 Å². The molecule has 2 aromatic carbocycles. The van der Waals surface area contributed by atoms with Crippen LogP contribution in [0, 0.1) is 6.92 Å². The lowest BCUT2D eigenvalue weighted by atomic mass is 10.1. The van der Waals surface area contributed by atoms with Crippen molar-refractivity contribution < 1.29 is 19.1 Å². The number of amidine groups is 1. The molecule has 0 unspecified atom stereocenters. The van der Waals surface area contributed by atoms with Crippen molar-refractivity contribution in [3.63, 3.8) is 0 Å². The number of amides is 2. The van der Waals surface area contributed by atoms with Crippen molar-refractivity contribution in [3.05, 3.63) is 58.1 Å². The molecule has 0 aliphatic carbocycles. The van der Waals surface area contributed by atoms with Crippen molar-refractivity contribution in [1.29, 1.82) is 0 Å². The lowest BCUT2D eigenvalue weighted by Gasteiger charge is -2.21. The molecule has 3 rings (SSSR count). The van der Waals surface area contributed by atoms with E-state index in [1.807, 2.05) is 31.2 Å². The third-order valence-electron chi connectivity index (χ3n) is 4.25. The Morgan fingerprint density at radius 3 is 2.67 bits per heavy atom. The summed E-state index contributed by atoms with van der Waals surface area (Å²) in [5.74, 6) is 0.343. The van der Waals surface area contributed by atoms with Gasteiger partial charge in [-0.15, -0.1) is 5.10 Å². The van der Waals surface area contributed by atoms with Crippen LogP contribution in [-0.2, 0) is 16.2 Å². The minimum absolute atomic E-state index is 0.261. The Balaban J connectivity index is 1.86. The van der Waals surface area contributed by atoms with E-state index in [0.29, 0.717) is 33.9 Å². The number of hydrazone groups is 1. The van der Waals surface area contributed by atoms with E-state index >= 15 is 0 Å². The van der Waals surface area contributed by atoms with Crippen molar-refractivity contribution in [2.45, 2.75) is 32.8 Å². The summed E-state index contributed by atoms with van der Waals surface area (Å²) in [6.45, 7) is 5.15. The molecule has 0 saturated heterocycles. The molecule has 1 aliphatic heterocycles. The van der Waals surface area contributed by atoms with Crippen LogP contribution in [-0.4, -0.2) is 29.1 Å². The topological polar surface area (TPSA) is 80.2 Å². The lowest BCUT2D eigenvalue weighted by molar-refractivity contribution is -0.129.